The van der Waals surface area contributed by atoms with E-state index in [2.05, 4.69) is 15.8 Å². The average molecular weight is 339 g/mol. The SMILES string of the molecule is O=C1NCC(c2ccccc2)C1C(=O)N/N=C\c1ccc(O)cc1O. The van der Waals surface area contributed by atoms with Gasteiger partial charge >= 0.3 is 0 Å². The van der Waals surface area contributed by atoms with E-state index in [1.165, 1.54) is 24.4 Å². The number of phenols is 2. The predicted molar refractivity (Wildman–Crippen MR) is 91.2 cm³/mol. The van der Waals surface area contributed by atoms with Crippen molar-refractivity contribution >= 4 is 18.0 Å². The van der Waals surface area contributed by atoms with E-state index in [1.54, 1.807) is 0 Å². The second kappa shape index (κ2) is 7.04. The summed E-state index contributed by atoms with van der Waals surface area (Å²) < 4.78 is 0. The zero-order valence-corrected chi connectivity index (χ0v) is 13.2. The highest BCUT2D eigenvalue weighted by Gasteiger charge is 2.40. The molecule has 128 valence electrons. The van der Waals surface area contributed by atoms with Crippen LogP contribution in [0, 0.1) is 5.92 Å². The van der Waals surface area contributed by atoms with Crippen molar-refractivity contribution in [3.05, 3.63) is 59.7 Å². The van der Waals surface area contributed by atoms with Crippen LogP contribution in [0.4, 0.5) is 0 Å². The Labute approximate surface area is 144 Å². The first-order valence-corrected chi connectivity index (χ1v) is 7.74. The highest BCUT2D eigenvalue weighted by molar-refractivity contribution is 6.03. The maximum atomic E-state index is 12.4. The molecular formula is C18H17N3O4. The summed E-state index contributed by atoms with van der Waals surface area (Å²) in [6.07, 6.45) is 1.25. The monoisotopic (exact) mass is 339 g/mol. The lowest BCUT2D eigenvalue weighted by molar-refractivity contribution is -0.133. The number of nitrogens with one attached hydrogen (secondary N) is 2. The van der Waals surface area contributed by atoms with Crippen molar-refractivity contribution in [3.63, 3.8) is 0 Å². The second-order valence-corrected chi connectivity index (χ2v) is 5.72. The lowest BCUT2D eigenvalue weighted by Crippen LogP contribution is -2.34. The molecule has 2 amide bonds. The van der Waals surface area contributed by atoms with Crippen LogP contribution in [0.25, 0.3) is 0 Å². The Hall–Kier alpha value is -3.35. The van der Waals surface area contributed by atoms with Gasteiger partial charge < -0.3 is 15.5 Å². The van der Waals surface area contributed by atoms with Crippen molar-refractivity contribution in [2.45, 2.75) is 5.92 Å². The largest absolute Gasteiger partial charge is 0.508 e. The number of hydrogen-bond donors (Lipinski definition) is 4. The van der Waals surface area contributed by atoms with Crippen LogP contribution in [0.15, 0.2) is 53.6 Å². The highest BCUT2D eigenvalue weighted by atomic mass is 16.3. The fourth-order valence-electron chi connectivity index (χ4n) is 2.81. The Bertz CT molecular complexity index is 820. The minimum Gasteiger partial charge on any atom is -0.508 e. The van der Waals surface area contributed by atoms with Crippen LogP contribution in [-0.2, 0) is 9.59 Å². The van der Waals surface area contributed by atoms with Crippen LogP contribution < -0.4 is 10.7 Å². The third-order valence-corrected chi connectivity index (χ3v) is 4.08. The normalized spacial score (nSPS) is 19.8. The van der Waals surface area contributed by atoms with Gasteiger partial charge in [-0.25, -0.2) is 5.43 Å². The van der Waals surface area contributed by atoms with Gasteiger partial charge in [0, 0.05) is 24.1 Å². The number of rotatable bonds is 4. The Kier molecular flexibility index (Phi) is 4.65. The molecule has 0 aliphatic carbocycles. The Morgan fingerprint density at radius 3 is 2.68 bits per heavy atom. The molecule has 0 spiro atoms. The van der Waals surface area contributed by atoms with Gasteiger partial charge in [0.05, 0.1) is 6.21 Å². The van der Waals surface area contributed by atoms with E-state index >= 15 is 0 Å². The third-order valence-electron chi connectivity index (χ3n) is 4.08. The number of phenolic OH excluding ortho intramolecular Hbond substituents is 2. The lowest BCUT2D eigenvalue weighted by atomic mass is 9.88. The number of hydrogen-bond acceptors (Lipinski definition) is 5. The van der Waals surface area contributed by atoms with Crippen molar-refractivity contribution in [3.8, 4) is 11.5 Å². The number of nitrogens with zero attached hydrogens (tertiary/aromatic N) is 1. The van der Waals surface area contributed by atoms with Gasteiger partial charge in [0.2, 0.25) is 5.91 Å². The maximum absolute atomic E-state index is 12.4. The molecule has 1 saturated heterocycles. The molecule has 0 saturated carbocycles. The summed E-state index contributed by atoms with van der Waals surface area (Å²) in [5, 5.41) is 25.4. The zero-order chi connectivity index (χ0) is 17.8. The van der Waals surface area contributed by atoms with Gasteiger partial charge in [-0.2, -0.15) is 5.10 Å². The Morgan fingerprint density at radius 1 is 1.20 bits per heavy atom. The van der Waals surface area contributed by atoms with E-state index in [0.29, 0.717) is 12.1 Å². The van der Waals surface area contributed by atoms with E-state index in [-0.39, 0.29) is 23.3 Å². The number of amides is 2. The van der Waals surface area contributed by atoms with Gasteiger partial charge in [-0.1, -0.05) is 30.3 Å². The molecule has 7 nitrogen and oxygen atoms in total. The molecule has 1 aliphatic rings. The summed E-state index contributed by atoms with van der Waals surface area (Å²) in [6.45, 7) is 0.392. The first-order chi connectivity index (χ1) is 12.1. The predicted octanol–water partition coefficient (Wildman–Crippen LogP) is 1.08. The summed E-state index contributed by atoms with van der Waals surface area (Å²) in [6, 6.07) is 13.4. The van der Waals surface area contributed by atoms with Crippen LogP contribution in [-0.4, -0.2) is 34.8 Å². The fraction of sp³-hybridized carbons (Fsp3) is 0.167. The molecule has 0 radical (unpaired) electrons. The molecular weight excluding hydrogens is 322 g/mol. The third kappa shape index (κ3) is 3.60. The first kappa shape index (κ1) is 16.5. The highest BCUT2D eigenvalue weighted by Crippen LogP contribution is 2.29. The van der Waals surface area contributed by atoms with Crippen molar-refractivity contribution in [1.29, 1.82) is 0 Å². The number of carbonyl (C=O) groups excluding carboxylic acids is 2. The standard InChI is InChI=1S/C18H17N3O4/c22-13-7-6-12(15(23)8-13)9-20-21-18(25)16-14(10-19-17(16)24)11-4-2-1-3-5-11/h1-9,14,16,22-23H,10H2,(H,19,24)(H,21,25)/b20-9-. The van der Waals surface area contributed by atoms with Gasteiger partial charge in [0.1, 0.15) is 17.4 Å². The van der Waals surface area contributed by atoms with Gasteiger partial charge in [-0.3, -0.25) is 9.59 Å². The molecule has 2 aromatic carbocycles. The van der Waals surface area contributed by atoms with Crippen molar-refractivity contribution < 1.29 is 19.8 Å². The summed E-state index contributed by atoms with van der Waals surface area (Å²) in [4.78, 5) is 24.4. The molecule has 2 atom stereocenters. The second-order valence-electron chi connectivity index (χ2n) is 5.72. The number of benzene rings is 2. The Morgan fingerprint density at radius 2 is 1.96 bits per heavy atom. The zero-order valence-electron chi connectivity index (χ0n) is 13.2. The van der Waals surface area contributed by atoms with Gasteiger partial charge in [-0.05, 0) is 17.7 Å². The topological polar surface area (TPSA) is 111 Å². The molecule has 7 heteroatoms. The minimum atomic E-state index is -0.868. The van der Waals surface area contributed by atoms with E-state index in [9.17, 15) is 19.8 Å². The fourth-order valence-corrected chi connectivity index (χ4v) is 2.81. The van der Waals surface area contributed by atoms with Gasteiger partial charge in [0.25, 0.3) is 5.91 Å². The lowest BCUT2D eigenvalue weighted by Gasteiger charge is -2.15. The molecule has 0 bridgehead atoms. The molecule has 2 aromatic rings. The van der Waals surface area contributed by atoms with Crippen LogP contribution in [0.5, 0.6) is 11.5 Å². The van der Waals surface area contributed by atoms with E-state index < -0.39 is 11.8 Å². The molecule has 25 heavy (non-hydrogen) atoms. The number of aromatic hydroxyl groups is 2. The number of carbonyl (C=O) groups is 2. The smallest absolute Gasteiger partial charge is 0.253 e. The number of hydrazone groups is 1. The van der Waals surface area contributed by atoms with Crippen LogP contribution >= 0.6 is 0 Å². The first-order valence-electron chi connectivity index (χ1n) is 7.74. The van der Waals surface area contributed by atoms with Crippen molar-refractivity contribution in [2.24, 2.45) is 11.0 Å². The summed E-state index contributed by atoms with van der Waals surface area (Å²) >= 11 is 0. The molecule has 1 fully saturated rings. The molecule has 4 N–H and O–H groups in total. The van der Waals surface area contributed by atoms with Crippen molar-refractivity contribution in [2.75, 3.05) is 6.54 Å². The van der Waals surface area contributed by atoms with Crippen LogP contribution in [0.3, 0.4) is 0 Å². The molecule has 2 unspecified atom stereocenters. The molecule has 3 rings (SSSR count). The quantitative estimate of drug-likeness (QED) is 0.379. The van der Waals surface area contributed by atoms with E-state index in [0.717, 1.165) is 5.56 Å². The van der Waals surface area contributed by atoms with E-state index in [1.807, 2.05) is 30.3 Å². The van der Waals surface area contributed by atoms with E-state index in [4.69, 9.17) is 0 Å². The van der Waals surface area contributed by atoms with Crippen LogP contribution in [0.2, 0.25) is 0 Å². The summed E-state index contributed by atoms with van der Waals surface area (Å²) in [7, 11) is 0. The summed E-state index contributed by atoms with van der Waals surface area (Å²) in [5.74, 6) is -2.22. The molecule has 0 aromatic heterocycles. The minimum absolute atomic E-state index is 0.0768. The van der Waals surface area contributed by atoms with Gasteiger partial charge in [-0.15, -0.1) is 0 Å². The molecule has 1 aliphatic heterocycles. The average Bonchev–Trinajstić information content (AvgIpc) is 2.99. The molecule has 1 heterocycles. The van der Waals surface area contributed by atoms with Crippen molar-refractivity contribution in [1.82, 2.24) is 10.7 Å². The maximum Gasteiger partial charge on any atom is 0.253 e. The Balaban J connectivity index is 1.71. The summed E-state index contributed by atoms with van der Waals surface area (Å²) in [5.41, 5.74) is 3.57. The van der Waals surface area contributed by atoms with Crippen LogP contribution in [0.1, 0.15) is 17.0 Å². The van der Waals surface area contributed by atoms with Gasteiger partial charge in [0.15, 0.2) is 0 Å².